The number of hydrogen-bond donors (Lipinski definition) is 2. The van der Waals surface area contributed by atoms with Gasteiger partial charge in [-0.3, -0.25) is 19.5 Å². The summed E-state index contributed by atoms with van der Waals surface area (Å²) in [5.74, 6) is 1.80. The van der Waals surface area contributed by atoms with Gasteiger partial charge in [0.25, 0.3) is 5.91 Å². The molecule has 2 aliphatic heterocycles. The van der Waals surface area contributed by atoms with Crippen LogP contribution in [0.2, 0.25) is 0 Å². The van der Waals surface area contributed by atoms with Crippen LogP contribution in [0.1, 0.15) is 46.8 Å². The highest BCUT2D eigenvalue weighted by molar-refractivity contribution is 5.94. The van der Waals surface area contributed by atoms with E-state index in [1.807, 2.05) is 24.8 Å². The first-order valence-corrected chi connectivity index (χ1v) is 13.9. The average Bonchev–Trinajstić information content (AvgIpc) is 3.46. The molecule has 0 unspecified atom stereocenters. The third-order valence-corrected chi connectivity index (χ3v) is 7.44. The van der Waals surface area contributed by atoms with Crippen LogP contribution in [-0.4, -0.2) is 75.5 Å². The van der Waals surface area contributed by atoms with Gasteiger partial charge in [0, 0.05) is 62.6 Å². The van der Waals surface area contributed by atoms with Crippen LogP contribution in [0.25, 0.3) is 0 Å². The second kappa shape index (κ2) is 12.6. The number of carbonyl (C=O) groups excluding carboxylic acids is 2. The van der Waals surface area contributed by atoms with Gasteiger partial charge in [-0.1, -0.05) is 19.9 Å². The SMILES string of the molecule is CC(C)C(=O)N1CC(Cc2cc(C(=O)NC[C@H](O)CN3CCc4cc(OCc5cnco5)ccc4C3)ccn2)C1. The molecule has 0 radical (unpaired) electrons. The lowest BCUT2D eigenvalue weighted by atomic mass is 9.92. The Morgan fingerprint density at radius 1 is 1.20 bits per heavy atom. The summed E-state index contributed by atoms with van der Waals surface area (Å²) < 4.78 is 11.0. The number of nitrogens with one attached hydrogen (secondary N) is 1. The summed E-state index contributed by atoms with van der Waals surface area (Å²) in [6.45, 7) is 7.83. The molecular weight excluding hydrogens is 510 g/mol. The van der Waals surface area contributed by atoms with Crippen molar-refractivity contribution in [1.82, 2.24) is 25.1 Å². The van der Waals surface area contributed by atoms with Gasteiger partial charge in [0.2, 0.25) is 5.91 Å². The van der Waals surface area contributed by atoms with Gasteiger partial charge in [-0.05, 0) is 54.2 Å². The monoisotopic (exact) mass is 547 g/mol. The Labute approximate surface area is 234 Å². The number of pyridine rings is 1. The zero-order chi connectivity index (χ0) is 28.1. The largest absolute Gasteiger partial charge is 0.486 e. The quantitative estimate of drug-likeness (QED) is 0.376. The number of ether oxygens (including phenoxy) is 1. The Balaban J connectivity index is 1.04. The number of oxazole rings is 1. The lowest BCUT2D eigenvalue weighted by Gasteiger charge is -2.40. The molecule has 1 aromatic carbocycles. The predicted octanol–water partition coefficient (Wildman–Crippen LogP) is 2.45. The van der Waals surface area contributed by atoms with Crippen molar-refractivity contribution in [2.45, 2.75) is 45.9 Å². The summed E-state index contributed by atoms with van der Waals surface area (Å²) in [5.41, 5.74) is 3.82. The van der Waals surface area contributed by atoms with Gasteiger partial charge in [-0.2, -0.15) is 0 Å². The zero-order valence-electron chi connectivity index (χ0n) is 23.1. The molecule has 40 heavy (non-hydrogen) atoms. The number of likely N-dealkylation sites (tertiary alicyclic amines) is 1. The standard InChI is InChI=1S/C30H37N5O5/c1-20(2)30(38)35-14-21(15-35)9-25-10-23(5-7-32-25)29(37)33-12-26(36)17-34-8-6-22-11-27(4-3-24(22)16-34)39-18-28-13-31-19-40-28/h3-5,7,10-11,13,19-21,26,36H,6,8-9,12,14-18H2,1-2H3,(H,33,37)/t26-/m0/s1. The fourth-order valence-corrected chi connectivity index (χ4v) is 5.25. The molecule has 0 saturated carbocycles. The Morgan fingerprint density at radius 3 is 2.83 bits per heavy atom. The van der Waals surface area contributed by atoms with Crippen molar-refractivity contribution in [2.75, 3.05) is 32.7 Å². The molecule has 0 bridgehead atoms. The lowest BCUT2D eigenvalue weighted by molar-refractivity contribution is -0.140. The first kappa shape index (κ1) is 27.8. The molecule has 2 N–H and O–H groups in total. The Kier molecular flexibility index (Phi) is 8.76. The number of amides is 2. The topological polar surface area (TPSA) is 121 Å². The summed E-state index contributed by atoms with van der Waals surface area (Å²) in [5, 5.41) is 13.5. The highest BCUT2D eigenvalue weighted by Gasteiger charge is 2.32. The van der Waals surface area contributed by atoms with E-state index in [4.69, 9.17) is 9.15 Å². The predicted molar refractivity (Wildman–Crippen MR) is 147 cm³/mol. The highest BCUT2D eigenvalue weighted by atomic mass is 16.5. The van der Waals surface area contributed by atoms with E-state index in [0.29, 0.717) is 30.4 Å². The van der Waals surface area contributed by atoms with Crippen LogP contribution in [0.15, 0.2) is 53.5 Å². The van der Waals surface area contributed by atoms with E-state index in [-0.39, 0.29) is 24.3 Å². The summed E-state index contributed by atoms with van der Waals surface area (Å²) in [4.78, 5) is 37.2. The smallest absolute Gasteiger partial charge is 0.251 e. The molecule has 4 heterocycles. The van der Waals surface area contributed by atoms with Crippen LogP contribution in [0, 0.1) is 11.8 Å². The van der Waals surface area contributed by atoms with Crippen molar-refractivity contribution in [3.8, 4) is 5.75 Å². The molecular formula is C30H37N5O5. The van der Waals surface area contributed by atoms with Crippen molar-refractivity contribution in [2.24, 2.45) is 11.8 Å². The summed E-state index contributed by atoms with van der Waals surface area (Å²) >= 11 is 0. The number of carbonyl (C=O) groups is 2. The normalized spacial score (nSPS) is 16.4. The molecule has 10 nitrogen and oxygen atoms in total. The maximum Gasteiger partial charge on any atom is 0.251 e. The first-order chi connectivity index (χ1) is 19.3. The van der Waals surface area contributed by atoms with Gasteiger partial charge >= 0.3 is 0 Å². The fraction of sp³-hybridized carbons (Fsp3) is 0.467. The van der Waals surface area contributed by atoms with Crippen molar-refractivity contribution >= 4 is 11.8 Å². The van der Waals surface area contributed by atoms with Gasteiger partial charge in [0.15, 0.2) is 12.2 Å². The molecule has 3 aromatic rings. The summed E-state index contributed by atoms with van der Waals surface area (Å²) in [6, 6.07) is 9.57. The van der Waals surface area contributed by atoms with E-state index in [0.717, 1.165) is 50.5 Å². The van der Waals surface area contributed by atoms with Crippen molar-refractivity contribution in [3.63, 3.8) is 0 Å². The Hall–Kier alpha value is -3.76. The third kappa shape index (κ3) is 7.05. The van der Waals surface area contributed by atoms with Gasteiger partial charge in [-0.25, -0.2) is 4.98 Å². The van der Waals surface area contributed by atoms with Crippen molar-refractivity contribution in [1.29, 1.82) is 0 Å². The highest BCUT2D eigenvalue weighted by Crippen LogP contribution is 2.25. The van der Waals surface area contributed by atoms with Crippen LogP contribution < -0.4 is 10.1 Å². The summed E-state index contributed by atoms with van der Waals surface area (Å²) in [7, 11) is 0. The maximum absolute atomic E-state index is 12.8. The molecule has 1 atom stereocenters. The van der Waals surface area contributed by atoms with E-state index in [9.17, 15) is 14.7 Å². The fourth-order valence-electron chi connectivity index (χ4n) is 5.25. The number of aromatic nitrogens is 2. The maximum atomic E-state index is 12.8. The number of rotatable bonds is 11. The molecule has 2 amide bonds. The third-order valence-electron chi connectivity index (χ3n) is 7.44. The molecule has 0 spiro atoms. The average molecular weight is 548 g/mol. The molecule has 10 heteroatoms. The lowest BCUT2D eigenvalue weighted by Crippen LogP contribution is -2.52. The van der Waals surface area contributed by atoms with Crippen molar-refractivity contribution < 1.29 is 23.8 Å². The number of aliphatic hydroxyl groups excluding tert-OH is 1. The number of fused-ring (bicyclic) bond motifs is 1. The van der Waals surface area contributed by atoms with Crippen LogP contribution in [0.3, 0.4) is 0 Å². The molecule has 5 rings (SSSR count). The van der Waals surface area contributed by atoms with Gasteiger partial charge < -0.3 is 24.5 Å². The second-order valence-electron chi connectivity index (χ2n) is 11.0. The molecule has 2 aliphatic rings. The number of aliphatic hydroxyl groups is 1. The van der Waals surface area contributed by atoms with Gasteiger partial charge in [0.1, 0.15) is 12.4 Å². The number of β-amino-alcohol motifs (C(OH)–C–C–N with tert-alkyl or cyclic N) is 1. The second-order valence-corrected chi connectivity index (χ2v) is 11.0. The minimum Gasteiger partial charge on any atom is -0.486 e. The molecule has 0 aliphatic carbocycles. The number of hydrogen-bond acceptors (Lipinski definition) is 8. The van der Waals surface area contributed by atoms with Crippen LogP contribution in [0.4, 0.5) is 0 Å². The van der Waals surface area contributed by atoms with E-state index in [1.54, 1.807) is 24.5 Å². The minimum atomic E-state index is -0.684. The van der Waals surface area contributed by atoms with Gasteiger partial charge in [0.05, 0.1) is 12.3 Å². The first-order valence-electron chi connectivity index (χ1n) is 13.9. The Morgan fingerprint density at radius 2 is 2.05 bits per heavy atom. The summed E-state index contributed by atoms with van der Waals surface area (Å²) in [6.07, 6.45) is 5.58. The van der Waals surface area contributed by atoms with E-state index in [2.05, 4.69) is 32.3 Å². The van der Waals surface area contributed by atoms with E-state index >= 15 is 0 Å². The van der Waals surface area contributed by atoms with E-state index in [1.165, 1.54) is 17.5 Å². The molecule has 1 fully saturated rings. The Bertz CT molecular complexity index is 1310. The molecule has 2 aromatic heterocycles. The molecule has 1 saturated heterocycles. The van der Waals surface area contributed by atoms with Crippen LogP contribution >= 0.6 is 0 Å². The van der Waals surface area contributed by atoms with Gasteiger partial charge in [-0.15, -0.1) is 0 Å². The van der Waals surface area contributed by atoms with Crippen molar-refractivity contribution in [3.05, 3.63) is 77.3 Å². The van der Waals surface area contributed by atoms with E-state index < -0.39 is 6.10 Å². The number of benzene rings is 1. The molecule has 212 valence electrons. The minimum absolute atomic E-state index is 0.0115. The van der Waals surface area contributed by atoms with Crippen LogP contribution in [-0.2, 0) is 30.8 Å². The zero-order valence-corrected chi connectivity index (χ0v) is 23.1. The number of nitrogens with zero attached hydrogens (tertiary/aromatic N) is 4. The van der Waals surface area contributed by atoms with Crippen LogP contribution in [0.5, 0.6) is 5.75 Å².